The van der Waals surface area contributed by atoms with Crippen LogP contribution in [0.3, 0.4) is 0 Å². The van der Waals surface area contributed by atoms with Crippen LogP contribution in [0.25, 0.3) is 0 Å². The lowest BCUT2D eigenvalue weighted by molar-refractivity contribution is -0.113. The first kappa shape index (κ1) is 9.62. The van der Waals surface area contributed by atoms with Crippen LogP contribution in [0.15, 0.2) is 12.2 Å². The molecule has 2 fully saturated rings. The van der Waals surface area contributed by atoms with Gasteiger partial charge >= 0.3 is 0 Å². The monoisotopic (exact) mass is 204 g/mol. The molecule has 2 bridgehead atoms. The van der Waals surface area contributed by atoms with Gasteiger partial charge in [0.25, 0.3) is 0 Å². The van der Waals surface area contributed by atoms with Gasteiger partial charge < -0.3 is 4.79 Å². The van der Waals surface area contributed by atoms with Crippen molar-refractivity contribution in [2.75, 3.05) is 0 Å². The molecule has 0 aliphatic heterocycles. The summed E-state index contributed by atoms with van der Waals surface area (Å²) in [4.78, 5) is 11.2. The van der Waals surface area contributed by atoms with Gasteiger partial charge in [0.1, 0.15) is 6.29 Å². The average molecular weight is 204 g/mol. The first-order valence-electron chi connectivity index (χ1n) is 6.54. The molecular formula is C14H20O. The number of carbonyl (C=O) groups excluding carboxylic acids is 1. The zero-order chi connectivity index (χ0) is 10.3. The molecule has 4 atom stereocenters. The van der Waals surface area contributed by atoms with Gasteiger partial charge in [0, 0.05) is 5.92 Å². The van der Waals surface area contributed by atoms with E-state index in [0.29, 0.717) is 17.8 Å². The lowest BCUT2D eigenvalue weighted by Crippen LogP contribution is -2.29. The fraction of sp³-hybridized carbons (Fsp3) is 0.786. The van der Waals surface area contributed by atoms with Crippen LogP contribution in [0.2, 0.25) is 0 Å². The molecule has 0 unspecified atom stereocenters. The van der Waals surface area contributed by atoms with E-state index in [2.05, 4.69) is 12.2 Å². The van der Waals surface area contributed by atoms with Gasteiger partial charge in [-0.15, -0.1) is 0 Å². The standard InChI is InChI=1S/C14H20O/c15-9-13-11-6-7-12(8-11)14(13)10-4-2-1-3-5-10/h6-7,9-14H,1-5,8H2/t11-,12+,13-,14-/m0/s1. The van der Waals surface area contributed by atoms with E-state index in [-0.39, 0.29) is 0 Å². The minimum absolute atomic E-state index is 0.364. The molecule has 0 aromatic carbocycles. The summed E-state index contributed by atoms with van der Waals surface area (Å²) in [6.07, 6.45) is 14.2. The van der Waals surface area contributed by atoms with Crippen molar-refractivity contribution in [1.82, 2.24) is 0 Å². The van der Waals surface area contributed by atoms with Crippen LogP contribution in [0, 0.1) is 29.6 Å². The summed E-state index contributed by atoms with van der Waals surface area (Å²) < 4.78 is 0. The summed E-state index contributed by atoms with van der Waals surface area (Å²) in [7, 11) is 0. The maximum Gasteiger partial charge on any atom is 0.123 e. The van der Waals surface area contributed by atoms with Gasteiger partial charge in [-0.3, -0.25) is 0 Å². The smallest absolute Gasteiger partial charge is 0.123 e. The molecule has 3 aliphatic carbocycles. The lowest BCUT2D eigenvalue weighted by atomic mass is 9.70. The van der Waals surface area contributed by atoms with Crippen LogP contribution in [0.5, 0.6) is 0 Å². The maximum atomic E-state index is 11.2. The van der Waals surface area contributed by atoms with Gasteiger partial charge in [-0.1, -0.05) is 44.3 Å². The fourth-order valence-corrected chi connectivity index (χ4v) is 4.27. The number of fused-ring (bicyclic) bond motifs is 2. The Morgan fingerprint density at radius 1 is 1.00 bits per heavy atom. The van der Waals surface area contributed by atoms with E-state index in [9.17, 15) is 4.79 Å². The Labute approximate surface area is 91.9 Å². The third-order valence-electron chi connectivity index (χ3n) is 4.93. The van der Waals surface area contributed by atoms with Crippen LogP contribution in [-0.4, -0.2) is 6.29 Å². The minimum Gasteiger partial charge on any atom is -0.303 e. The molecule has 3 aliphatic rings. The highest BCUT2D eigenvalue weighted by molar-refractivity contribution is 5.57. The highest BCUT2D eigenvalue weighted by Gasteiger charge is 2.47. The lowest BCUT2D eigenvalue weighted by Gasteiger charge is -2.34. The van der Waals surface area contributed by atoms with Crippen molar-refractivity contribution in [2.45, 2.75) is 38.5 Å². The molecule has 0 amide bonds. The molecule has 0 N–H and O–H groups in total. The molecule has 82 valence electrons. The molecule has 1 nitrogen and oxygen atoms in total. The van der Waals surface area contributed by atoms with E-state index < -0.39 is 0 Å². The quantitative estimate of drug-likeness (QED) is 0.498. The molecule has 15 heavy (non-hydrogen) atoms. The van der Waals surface area contributed by atoms with Gasteiger partial charge in [-0.05, 0) is 30.1 Å². The van der Waals surface area contributed by atoms with E-state index in [4.69, 9.17) is 0 Å². The summed E-state index contributed by atoms with van der Waals surface area (Å²) in [5, 5.41) is 0. The Kier molecular flexibility index (Phi) is 2.42. The van der Waals surface area contributed by atoms with Crippen LogP contribution >= 0.6 is 0 Å². The first-order valence-corrected chi connectivity index (χ1v) is 6.54. The molecule has 1 heteroatoms. The Hall–Kier alpha value is -0.590. The van der Waals surface area contributed by atoms with E-state index in [0.717, 1.165) is 11.8 Å². The molecule has 0 saturated heterocycles. The van der Waals surface area contributed by atoms with E-state index in [1.807, 2.05) is 0 Å². The topological polar surface area (TPSA) is 17.1 Å². The molecule has 0 spiro atoms. The summed E-state index contributed by atoms with van der Waals surface area (Å²) in [5.74, 6) is 3.27. The summed E-state index contributed by atoms with van der Waals surface area (Å²) in [6.45, 7) is 0. The van der Waals surface area contributed by atoms with Crippen LogP contribution in [0.4, 0.5) is 0 Å². The number of allylic oxidation sites excluding steroid dienone is 2. The highest BCUT2D eigenvalue weighted by atomic mass is 16.1. The fourth-order valence-electron chi connectivity index (χ4n) is 4.27. The molecule has 3 rings (SSSR count). The largest absolute Gasteiger partial charge is 0.303 e. The summed E-state index contributed by atoms with van der Waals surface area (Å²) >= 11 is 0. The third kappa shape index (κ3) is 1.47. The normalized spacial score (nSPS) is 44.8. The number of aldehydes is 1. The maximum absolute atomic E-state index is 11.2. The number of carbonyl (C=O) groups is 1. The highest BCUT2D eigenvalue weighted by Crippen LogP contribution is 2.52. The second kappa shape index (κ2) is 3.77. The second-order valence-corrected chi connectivity index (χ2v) is 5.64. The second-order valence-electron chi connectivity index (χ2n) is 5.64. The Morgan fingerprint density at radius 3 is 2.47 bits per heavy atom. The van der Waals surface area contributed by atoms with Crippen LogP contribution in [0.1, 0.15) is 38.5 Å². The van der Waals surface area contributed by atoms with E-state index >= 15 is 0 Å². The number of rotatable bonds is 2. The predicted molar refractivity (Wildman–Crippen MR) is 60.4 cm³/mol. The van der Waals surface area contributed by atoms with Crippen LogP contribution in [-0.2, 0) is 4.79 Å². The van der Waals surface area contributed by atoms with Crippen molar-refractivity contribution in [3.63, 3.8) is 0 Å². The molecule has 0 aromatic rings. The number of hydrogen-bond donors (Lipinski definition) is 0. The zero-order valence-corrected chi connectivity index (χ0v) is 9.27. The Morgan fingerprint density at radius 2 is 1.73 bits per heavy atom. The van der Waals surface area contributed by atoms with Crippen molar-refractivity contribution in [1.29, 1.82) is 0 Å². The minimum atomic E-state index is 0.364. The van der Waals surface area contributed by atoms with Crippen LogP contribution < -0.4 is 0 Å². The SMILES string of the molecule is O=C[C@@H]1[C@@H](C2CCCCC2)[C@@H]2C=C[C@H]1C2. The average Bonchev–Trinajstić information content (AvgIpc) is 2.89. The Balaban J connectivity index is 1.78. The van der Waals surface area contributed by atoms with Gasteiger partial charge in [-0.25, -0.2) is 0 Å². The zero-order valence-electron chi connectivity index (χ0n) is 9.27. The van der Waals surface area contributed by atoms with Crippen molar-refractivity contribution in [3.05, 3.63) is 12.2 Å². The number of hydrogen-bond acceptors (Lipinski definition) is 1. The van der Waals surface area contributed by atoms with Gasteiger partial charge in [0.05, 0.1) is 0 Å². The molecule has 0 radical (unpaired) electrons. The van der Waals surface area contributed by atoms with Crippen molar-refractivity contribution in [2.24, 2.45) is 29.6 Å². The summed E-state index contributed by atoms with van der Waals surface area (Å²) in [6, 6.07) is 0. The van der Waals surface area contributed by atoms with Crippen molar-refractivity contribution in [3.8, 4) is 0 Å². The molecular weight excluding hydrogens is 184 g/mol. The summed E-state index contributed by atoms with van der Waals surface area (Å²) in [5.41, 5.74) is 0. The molecule has 0 aromatic heterocycles. The van der Waals surface area contributed by atoms with E-state index in [1.54, 1.807) is 0 Å². The van der Waals surface area contributed by atoms with Crippen molar-refractivity contribution < 1.29 is 4.79 Å². The van der Waals surface area contributed by atoms with Gasteiger partial charge in [-0.2, -0.15) is 0 Å². The van der Waals surface area contributed by atoms with Gasteiger partial charge in [0.15, 0.2) is 0 Å². The Bertz CT molecular complexity index is 275. The molecule has 2 saturated carbocycles. The predicted octanol–water partition coefficient (Wildman–Crippen LogP) is 3.20. The van der Waals surface area contributed by atoms with Gasteiger partial charge in [0.2, 0.25) is 0 Å². The molecule has 0 heterocycles. The van der Waals surface area contributed by atoms with E-state index in [1.165, 1.54) is 44.8 Å². The third-order valence-corrected chi connectivity index (χ3v) is 4.93. The first-order chi connectivity index (χ1) is 7.40. The van der Waals surface area contributed by atoms with Crippen molar-refractivity contribution >= 4 is 6.29 Å².